The Kier molecular flexibility index (Phi) is 18.5. The highest BCUT2D eigenvalue weighted by Gasteiger charge is 2.35. The van der Waals surface area contributed by atoms with Crippen LogP contribution in [-0.4, -0.2) is 52.5 Å². The predicted octanol–water partition coefficient (Wildman–Crippen LogP) is 8.44. The number of amides is 1. The normalized spacial score (nSPS) is 14.9. The molecule has 0 heterocycles. The summed E-state index contributed by atoms with van der Waals surface area (Å²) in [5.41, 5.74) is 0.789. The molecule has 1 amide bonds. The zero-order chi connectivity index (χ0) is 35.9. The van der Waals surface area contributed by atoms with Crippen molar-refractivity contribution in [1.82, 2.24) is 5.32 Å². The lowest BCUT2D eigenvalue weighted by atomic mass is 9.90. The van der Waals surface area contributed by atoms with Crippen LogP contribution in [0.2, 0.25) is 5.02 Å². The molecule has 0 fully saturated rings. The first-order valence-electron chi connectivity index (χ1n) is 15.8. The number of aryl methyl sites for hydroxylation is 1. The van der Waals surface area contributed by atoms with Crippen molar-refractivity contribution in [3.05, 3.63) is 58.7 Å². The molecule has 1 aromatic carbocycles. The van der Waals surface area contributed by atoms with Crippen LogP contribution in [0.3, 0.4) is 0 Å². The molecule has 8 nitrogen and oxygen atoms in total. The zero-order valence-corrected chi connectivity index (χ0v) is 31.6. The van der Waals surface area contributed by atoms with Gasteiger partial charge in [0.15, 0.2) is 6.10 Å². The van der Waals surface area contributed by atoms with Gasteiger partial charge in [-0.3, -0.25) is 9.59 Å². The van der Waals surface area contributed by atoms with E-state index in [1.54, 1.807) is 38.1 Å². The van der Waals surface area contributed by atoms with E-state index in [4.69, 9.17) is 60.6 Å². The van der Waals surface area contributed by atoms with Crippen molar-refractivity contribution in [1.29, 1.82) is 0 Å². The van der Waals surface area contributed by atoms with E-state index in [-0.39, 0.29) is 24.7 Å². The van der Waals surface area contributed by atoms with Gasteiger partial charge in [0.2, 0.25) is 9.70 Å². The summed E-state index contributed by atoms with van der Waals surface area (Å²) in [6.07, 6.45) is 6.84. The van der Waals surface area contributed by atoms with Gasteiger partial charge in [0.25, 0.3) is 0 Å². The van der Waals surface area contributed by atoms with E-state index in [2.05, 4.69) is 5.32 Å². The van der Waals surface area contributed by atoms with Gasteiger partial charge in [-0.1, -0.05) is 111 Å². The zero-order valence-electron chi connectivity index (χ0n) is 28.5. The Bertz CT molecular complexity index is 1260. The summed E-state index contributed by atoms with van der Waals surface area (Å²) in [5, 5.41) is 3.15. The molecule has 1 rings (SSSR count). The molecule has 0 saturated carbocycles. The van der Waals surface area contributed by atoms with E-state index in [0.717, 1.165) is 12.0 Å². The number of hydrogen-bond donors (Lipinski definition) is 1. The molecule has 0 aliphatic rings. The SMILES string of the molecule is CC/C=C/[C@@H](C)[C@H](C/C=C/C(=O)NC(Cc1ccc(C)c(Cl)c1)C(=O)OCC(Cl)(Cl)Cl)OC(=O)[C@H](CC(C)C)OC(=O)C(C)(C)CC. The first kappa shape index (κ1) is 42.8. The minimum Gasteiger partial charge on any atom is -0.460 e. The smallest absolute Gasteiger partial charge is 0.347 e. The minimum atomic E-state index is -1.83. The highest BCUT2D eigenvalue weighted by atomic mass is 35.6. The average molecular weight is 738 g/mol. The first-order chi connectivity index (χ1) is 21.8. The number of hydrogen-bond acceptors (Lipinski definition) is 7. The number of carbonyl (C=O) groups is 4. The van der Waals surface area contributed by atoms with Crippen molar-refractivity contribution in [3.63, 3.8) is 0 Å². The van der Waals surface area contributed by atoms with Crippen molar-refractivity contribution < 1.29 is 33.4 Å². The van der Waals surface area contributed by atoms with Crippen LogP contribution in [0.1, 0.15) is 85.3 Å². The summed E-state index contributed by atoms with van der Waals surface area (Å²) >= 11 is 23.5. The fraction of sp³-hybridized carbons (Fsp3) is 0.600. The molecule has 0 aromatic heterocycles. The van der Waals surface area contributed by atoms with Gasteiger partial charge in [-0.2, -0.15) is 0 Å². The number of ether oxygens (including phenoxy) is 3. The predicted molar refractivity (Wildman–Crippen MR) is 189 cm³/mol. The average Bonchev–Trinajstić information content (AvgIpc) is 2.98. The van der Waals surface area contributed by atoms with Gasteiger partial charge in [0.1, 0.15) is 18.8 Å². The number of halogens is 4. The van der Waals surface area contributed by atoms with E-state index >= 15 is 0 Å². The molecular formula is C35H49Cl4NO7. The van der Waals surface area contributed by atoms with Crippen LogP contribution in [-0.2, 0) is 39.8 Å². The molecule has 1 N–H and O–H groups in total. The lowest BCUT2D eigenvalue weighted by Crippen LogP contribution is -2.43. The lowest BCUT2D eigenvalue weighted by molar-refractivity contribution is -0.178. The lowest BCUT2D eigenvalue weighted by Gasteiger charge is -2.28. The van der Waals surface area contributed by atoms with E-state index in [0.29, 0.717) is 23.4 Å². The molecule has 0 saturated heterocycles. The Balaban J connectivity index is 3.15. The molecule has 0 aliphatic heterocycles. The van der Waals surface area contributed by atoms with Crippen molar-refractivity contribution >= 4 is 70.2 Å². The molecule has 47 heavy (non-hydrogen) atoms. The summed E-state index contributed by atoms with van der Waals surface area (Å²) in [7, 11) is 0. The molecule has 264 valence electrons. The van der Waals surface area contributed by atoms with Gasteiger partial charge < -0.3 is 19.5 Å². The summed E-state index contributed by atoms with van der Waals surface area (Å²) in [4.78, 5) is 52.1. The minimum absolute atomic E-state index is 0.0647. The Morgan fingerprint density at radius 3 is 2.19 bits per heavy atom. The van der Waals surface area contributed by atoms with Gasteiger partial charge in [0.05, 0.1) is 5.41 Å². The molecule has 1 unspecified atom stereocenters. The Hall–Kier alpha value is -2.26. The summed E-state index contributed by atoms with van der Waals surface area (Å²) < 4.78 is 14.9. The third-order valence-corrected chi connectivity index (χ3v) is 8.19. The third kappa shape index (κ3) is 16.6. The van der Waals surface area contributed by atoms with Crippen LogP contribution >= 0.6 is 46.4 Å². The fourth-order valence-electron chi connectivity index (χ4n) is 4.10. The largest absolute Gasteiger partial charge is 0.460 e. The van der Waals surface area contributed by atoms with E-state index < -0.39 is 57.9 Å². The Labute approximate surface area is 299 Å². The third-order valence-electron chi connectivity index (χ3n) is 7.46. The first-order valence-corrected chi connectivity index (χ1v) is 17.3. The van der Waals surface area contributed by atoms with Crippen molar-refractivity contribution in [3.8, 4) is 0 Å². The van der Waals surface area contributed by atoms with Crippen LogP contribution in [0.4, 0.5) is 0 Å². The molecule has 0 aliphatic carbocycles. The fourth-order valence-corrected chi connectivity index (χ4v) is 4.47. The Morgan fingerprint density at radius 1 is 0.979 bits per heavy atom. The van der Waals surface area contributed by atoms with Crippen molar-refractivity contribution in [2.45, 2.75) is 110 Å². The summed E-state index contributed by atoms with van der Waals surface area (Å²) in [5.74, 6) is -2.65. The molecule has 4 atom stereocenters. The van der Waals surface area contributed by atoms with Crippen LogP contribution in [0.5, 0.6) is 0 Å². The quantitative estimate of drug-likeness (QED) is 0.0530. The maximum atomic E-state index is 13.4. The van der Waals surface area contributed by atoms with Gasteiger partial charge >= 0.3 is 17.9 Å². The van der Waals surface area contributed by atoms with Crippen molar-refractivity contribution in [2.24, 2.45) is 17.3 Å². The molecule has 1 aromatic rings. The number of rotatable bonds is 18. The number of nitrogens with one attached hydrogen (secondary N) is 1. The highest BCUT2D eigenvalue weighted by Crippen LogP contribution is 2.27. The van der Waals surface area contributed by atoms with Gasteiger partial charge in [0, 0.05) is 23.8 Å². The van der Waals surface area contributed by atoms with E-state index in [9.17, 15) is 19.2 Å². The van der Waals surface area contributed by atoms with Crippen LogP contribution in [0.15, 0.2) is 42.5 Å². The van der Waals surface area contributed by atoms with Crippen LogP contribution < -0.4 is 5.32 Å². The second kappa shape index (κ2) is 20.3. The summed E-state index contributed by atoms with van der Waals surface area (Å²) in [6, 6.07) is 4.17. The molecule has 12 heteroatoms. The van der Waals surface area contributed by atoms with Gasteiger partial charge in [-0.15, -0.1) is 0 Å². The Morgan fingerprint density at radius 2 is 1.64 bits per heavy atom. The molecule has 0 radical (unpaired) electrons. The number of carbonyl (C=O) groups excluding carboxylic acids is 4. The molecule has 0 spiro atoms. The number of benzene rings is 1. The number of allylic oxidation sites excluding steroid dienone is 1. The number of esters is 3. The van der Waals surface area contributed by atoms with E-state index in [1.165, 1.54) is 6.08 Å². The van der Waals surface area contributed by atoms with Crippen molar-refractivity contribution in [2.75, 3.05) is 6.61 Å². The van der Waals surface area contributed by atoms with Crippen LogP contribution in [0.25, 0.3) is 0 Å². The second-order valence-electron chi connectivity index (χ2n) is 12.6. The molecule has 0 bridgehead atoms. The van der Waals surface area contributed by atoms with Gasteiger partial charge in [-0.05, 0) is 69.2 Å². The monoisotopic (exact) mass is 735 g/mol. The number of alkyl halides is 3. The maximum absolute atomic E-state index is 13.4. The highest BCUT2D eigenvalue weighted by molar-refractivity contribution is 6.67. The van der Waals surface area contributed by atoms with Gasteiger partial charge in [-0.25, -0.2) is 9.59 Å². The van der Waals surface area contributed by atoms with E-state index in [1.807, 2.05) is 53.7 Å². The van der Waals surface area contributed by atoms with Crippen LogP contribution in [0, 0.1) is 24.2 Å². The maximum Gasteiger partial charge on any atom is 0.347 e. The summed E-state index contributed by atoms with van der Waals surface area (Å²) in [6.45, 7) is 14.5. The topological polar surface area (TPSA) is 108 Å². The second-order valence-corrected chi connectivity index (χ2v) is 15.6. The molecular weight excluding hydrogens is 688 g/mol. The standard InChI is InChI=1S/C35H49Cl4NO7/c1-9-11-13-24(6)28(46-32(43)29(18-22(3)4)47-33(44)34(7,8)10-2)14-12-15-30(41)40-27(31(42)45-21-35(37,38)39)20-25-17-16-23(5)26(36)19-25/h11-13,15-17,19,22,24,27-29H,9-10,14,18,20-21H2,1-8H3,(H,40,41)/b13-11+,15-12+/t24-,27?,28+,29+/m1/s1.